The molecule has 0 amide bonds. The summed E-state index contributed by atoms with van der Waals surface area (Å²) in [7, 11) is 0. The summed E-state index contributed by atoms with van der Waals surface area (Å²) in [5.41, 5.74) is 2.87. The molecule has 138 valence electrons. The Bertz CT molecular complexity index is 628. The summed E-state index contributed by atoms with van der Waals surface area (Å²) in [5.74, 6) is 0.736. The average Bonchev–Trinajstić information content (AvgIpc) is 3.01. The topological polar surface area (TPSA) is 39.4 Å². The van der Waals surface area contributed by atoms with Crippen LogP contribution in [0.3, 0.4) is 0 Å². The number of esters is 1. The van der Waals surface area contributed by atoms with Gasteiger partial charge in [0.1, 0.15) is 6.10 Å². The van der Waals surface area contributed by atoms with E-state index in [2.05, 4.69) is 27.4 Å². The van der Waals surface area contributed by atoms with E-state index < -0.39 is 0 Å². The van der Waals surface area contributed by atoms with Crippen LogP contribution in [0.5, 0.6) is 0 Å². The highest BCUT2D eigenvalue weighted by molar-refractivity contribution is 5.66. The first-order valence-corrected chi connectivity index (χ1v) is 9.61. The number of carbonyl (C=O) groups is 1. The number of hydrogen-bond donors (Lipinski definition) is 0. The van der Waals surface area contributed by atoms with Crippen LogP contribution in [0.4, 0.5) is 0 Å². The van der Waals surface area contributed by atoms with E-state index in [-0.39, 0.29) is 22.9 Å². The molecule has 2 aliphatic carbocycles. The van der Waals surface area contributed by atoms with Crippen LogP contribution < -0.4 is 0 Å². The molecule has 1 aromatic heterocycles. The lowest BCUT2D eigenvalue weighted by atomic mass is 9.46. The SMILES string of the molecule is C=C1[C@@H](OC(C)=O)C[C@@H]2C(C)(C)CCC[C@@]2(C)[C@@H]1CCc1ccoc1. The van der Waals surface area contributed by atoms with Crippen molar-refractivity contribution in [1.82, 2.24) is 0 Å². The maximum atomic E-state index is 11.6. The number of hydrogen-bond acceptors (Lipinski definition) is 3. The first-order chi connectivity index (χ1) is 11.7. The number of ether oxygens (including phenoxy) is 1. The zero-order chi connectivity index (χ0) is 18.2. The van der Waals surface area contributed by atoms with Crippen molar-refractivity contribution in [2.75, 3.05) is 0 Å². The lowest BCUT2D eigenvalue weighted by Gasteiger charge is -2.59. The van der Waals surface area contributed by atoms with E-state index in [1.807, 2.05) is 12.3 Å². The molecule has 3 nitrogen and oxygen atoms in total. The monoisotopic (exact) mass is 344 g/mol. The van der Waals surface area contributed by atoms with E-state index in [1.54, 1.807) is 6.26 Å². The average molecular weight is 344 g/mol. The Balaban J connectivity index is 1.89. The van der Waals surface area contributed by atoms with Crippen LogP contribution in [-0.4, -0.2) is 12.1 Å². The summed E-state index contributed by atoms with van der Waals surface area (Å²) in [6.45, 7) is 13.2. The quantitative estimate of drug-likeness (QED) is 0.531. The summed E-state index contributed by atoms with van der Waals surface area (Å²) in [6, 6.07) is 2.04. The van der Waals surface area contributed by atoms with Crippen LogP contribution in [0, 0.1) is 22.7 Å². The predicted octanol–water partition coefficient (Wildman–Crippen LogP) is 5.55. The molecule has 25 heavy (non-hydrogen) atoms. The van der Waals surface area contributed by atoms with Crippen molar-refractivity contribution in [3.05, 3.63) is 36.3 Å². The third-order valence-electron chi connectivity index (χ3n) is 6.99. The van der Waals surface area contributed by atoms with Gasteiger partial charge in [0.25, 0.3) is 0 Å². The fourth-order valence-corrected chi connectivity index (χ4v) is 5.77. The van der Waals surface area contributed by atoms with Gasteiger partial charge in [-0.05, 0) is 72.0 Å². The maximum Gasteiger partial charge on any atom is 0.303 e. The Kier molecular flexibility index (Phi) is 4.87. The van der Waals surface area contributed by atoms with E-state index in [9.17, 15) is 4.79 Å². The van der Waals surface area contributed by atoms with Crippen molar-refractivity contribution in [1.29, 1.82) is 0 Å². The minimum atomic E-state index is -0.197. The van der Waals surface area contributed by atoms with Crippen LogP contribution in [-0.2, 0) is 16.0 Å². The molecule has 2 fully saturated rings. The highest BCUT2D eigenvalue weighted by Crippen LogP contribution is 2.62. The second kappa shape index (κ2) is 6.66. The maximum absolute atomic E-state index is 11.6. The van der Waals surface area contributed by atoms with Gasteiger partial charge < -0.3 is 9.15 Å². The summed E-state index contributed by atoms with van der Waals surface area (Å²) < 4.78 is 10.9. The number of aryl methyl sites for hydroxylation is 1. The first kappa shape index (κ1) is 18.3. The molecule has 3 heteroatoms. The van der Waals surface area contributed by atoms with Crippen LogP contribution in [0.15, 0.2) is 35.2 Å². The molecular weight excluding hydrogens is 312 g/mol. The molecule has 0 unspecified atom stereocenters. The van der Waals surface area contributed by atoms with Crippen LogP contribution in [0.1, 0.15) is 65.4 Å². The van der Waals surface area contributed by atoms with Gasteiger partial charge in [0.2, 0.25) is 0 Å². The molecule has 0 aromatic carbocycles. The molecule has 0 aliphatic heterocycles. The summed E-state index contributed by atoms with van der Waals surface area (Å²) in [5, 5.41) is 0. The van der Waals surface area contributed by atoms with Gasteiger partial charge in [-0.15, -0.1) is 0 Å². The lowest BCUT2D eigenvalue weighted by molar-refractivity contribution is -0.153. The first-order valence-electron chi connectivity index (χ1n) is 9.61. The Morgan fingerprint density at radius 2 is 2.12 bits per heavy atom. The number of carbonyl (C=O) groups excluding carboxylic acids is 1. The molecule has 2 saturated carbocycles. The van der Waals surface area contributed by atoms with Gasteiger partial charge in [-0.2, -0.15) is 0 Å². The fourth-order valence-electron chi connectivity index (χ4n) is 5.77. The third kappa shape index (κ3) is 3.43. The smallest absolute Gasteiger partial charge is 0.303 e. The van der Waals surface area contributed by atoms with Crippen molar-refractivity contribution in [3.63, 3.8) is 0 Å². The molecule has 0 radical (unpaired) electrons. The number of rotatable bonds is 4. The fraction of sp³-hybridized carbons (Fsp3) is 0.682. The van der Waals surface area contributed by atoms with Crippen LogP contribution in [0.25, 0.3) is 0 Å². The van der Waals surface area contributed by atoms with Gasteiger partial charge in [-0.3, -0.25) is 4.79 Å². The van der Waals surface area contributed by atoms with Gasteiger partial charge in [0.05, 0.1) is 12.5 Å². The van der Waals surface area contributed by atoms with Gasteiger partial charge in [0.15, 0.2) is 0 Å². The summed E-state index contributed by atoms with van der Waals surface area (Å²) in [4.78, 5) is 11.6. The van der Waals surface area contributed by atoms with Gasteiger partial charge >= 0.3 is 5.97 Å². The molecule has 2 aliphatic rings. The molecule has 0 spiro atoms. The van der Waals surface area contributed by atoms with E-state index in [0.717, 1.165) is 24.8 Å². The summed E-state index contributed by atoms with van der Waals surface area (Å²) in [6.07, 6.45) is 10.1. The molecule has 1 aromatic rings. The molecule has 0 N–H and O–H groups in total. The van der Waals surface area contributed by atoms with Gasteiger partial charge in [0, 0.05) is 6.92 Å². The normalized spacial score (nSPS) is 34.4. The van der Waals surface area contributed by atoms with E-state index in [4.69, 9.17) is 9.15 Å². The summed E-state index contributed by atoms with van der Waals surface area (Å²) >= 11 is 0. The molecular formula is C22H32O3. The molecule has 0 bridgehead atoms. The molecule has 0 saturated heterocycles. The zero-order valence-electron chi connectivity index (χ0n) is 16.1. The van der Waals surface area contributed by atoms with Crippen molar-refractivity contribution >= 4 is 5.97 Å². The minimum Gasteiger partial charge on any atom is -0.472 e. The van der Waals surface area contributed by atoms with Crippen LogP contribution in [0.2, 0.25) is 0 Å². The lowest BCUT2D eigenvalue weighted by Crippen LogP contribution is -2.53. The van der Waals surface area contributed by atoms with E-state index in [1.165, 1.54) is 31.7 Å². The van der Waals surface area contributed by atoms with Crippen molar-refractivity contribution in [3.8, 4) is 0 Å². The molecule has 4 atom stereocenters. The van der Waals surface area contributed by atoms with Crippen LogP contribution >= 0.6 is 0 Å². The zero-order valence-corrected chi connectivity index (χ0v) is 16.1. The number of furan rings is 1. The Morgan fingerprint density at radius 1 is 1.36 bits per heavy atom. The highest BCUT2D eigenvalue weighted by atomic mass is 16.5. The van der Waals surface area contributed by atoms with E-state index >= 15 is 0 Å². The van der Waals surface area contributed by atoms with Crippen molar-refractivity contribution in [2.45, 2.75) is 72.3 Å². The van der Waals surface area contributed by atoms with E-state index in [0.29, 0.717) is 11.8 Å². The minimum absolute atomic E-state index is 0.137. The number of fused-ring (bicyclic) bond motifs is 1. The Labute approximate surface area is 151 Å². The second-order valence-corrected chi connectivity index (χ2v) is 9.03. The Morgan fingerprint density at radius 3 is 2.76 bits per heavy atom. The Hall–Kier alpha value is -1.51. The highest BCUT2D eigenvalue weighted by Gasteiger charge is 2.55. The van der Waals surface area contributed by atoms with Gasteiger partial charge in [-0.1, -0.05) is 33.8 Å². The second-order valence-electron chi connectivity index (χ2n) is 9.03. The predicted molar refractivity (Wildman–Crippen MR) is 99.1 cm³/mol. The standard InChI is InChI=1S/C22H32O3/c1-15-18(8-7-17-9-12-24-14-17)22(5)11-6-10-21(3,4)20(22)13-19(15)25-16(2)23/h9,12,14,18-20H,1,6-8,10-11,13H2,2-5H3/t18-,19+,20-,22+/m1/s1. The van der Waals surface area contributed by atoms with Gasteiger partial charge in [-0.25, -0.2) is 0 Å². The largest absolute Gasteiger partial charge is 0.472 e. The van der Waals surface area contributed by atoms with Crippen molar-refractivity contribution < 1.29 is 13.9 Å². The third-order valence-corrected chi connectivity index (χ3v) is 6.99. The molecule has 1 heterocycles. The molecule has 3 rings (SSSR count). The van der Waals surface area contributed by atoms with Crippen molar-refractivity contribution in [2.24, 2.45) is 22.7 Å².